The molecule has 17 heteroatoms. The zero-order valence-corrected chi connectivity index (χ0v) is 21.8. The maximum atomic E-state index is 11.3. The van der Waals surface area contributed by atoms with E-state index in [1.807, 2.05) is 0 Å². The Bertz CT molecular complexity index is 562. The Morgan fingerprint density at radius 2 is 0.690 bits per heavy atom. The third kappa shape index (κ3) is 12.2. The zero-order valence-electron chi connectivity index (χ0n) is 18.8. The number of hydrogen-bond donors (Lipinski definition) is 6. The first-order chi connectivity index (χ1) is 11.8. The summed E-state index contributed by atoms with van der Waals surface area (Å²) in [4.78, 5) is 74.4. The quantitative estimate of drug-likeness (QED) is 0.0860. The smallest absolute Gasteiger partial charge is 1.00 e. The average molecular weight is 454 g/mol. The summed E-state index contributed by atoms with van der Waals surface area (Å²) in [6, 6.07) is 0. The van der Waals surface area contributed by atoms with Gasteiger partial charge in [-0.05, 0) is 0 Å². The SMILES string of the molecule is O=C(O)CC(CC(=O)O)(OOC(CC(=O)O)(CC(=O)O)C(=O)O)C(=O)O.[H-].[H-].[H-].[Na+].[Na+].[Na+]. The molecule has 0 spiro atoms. The molecule has 0 aromatic heterocycles. The molecule has 0 heterocycles. The van der Waals surface area contributed by atoms with E-state index in [1.165, 1.54) is 0 Å². The molecule has 0 aliphatic carbocycles. The van der Waals surface area contributed by atoms with Gasteiger partial charge in [0.2, 0.25) is 11.2 Å². The van der Waals surface area contributed by atoms with Gasteiger partial charge in [-0.2, -0.15) is 0 Å². The van der Waals surface area contributed by atoms with Crippen LogP contribution in [0.1, 0.15) is 30.0 Å². The van der Waals surface area contributed by atoms with Crippen LogP contribution >= 0.6 is 0 Å². The molecule has 152 valence electrons. The van der Waals surface area contributed by atoms with Crippen LogP contribution in [0.5, 0.6) is 0 Å². The van der Waals surface area contributed by atoms with Gasteiger partial charge >= 0.3 is 124 Å². The van der Waals surface area contributed by atoms with E-state index in [9.17, 15) is 28.8 Å². The van der Waals surface area contributed by atoms with Gasteiger partial charge in [-0.25, -0.2) is 19.4 Å². The van der Waals surface area contributed by atoms with Crippen molar-refractivity contribution in [3.63, 3.8) is 0 Å². The first-order valence-electron chi connectivity index (χ1n) is 6.47. The maximum absolute atomic E-state index is 11.3. The van der Waals surface area contributed by atoms with Crippen molar-refractivity contribution in [2.75, 3.05) is 0 Å². The minimum absolute atomic E-state index is 0. The Labute approximate surface area is 232 Å². The first kappa shape index (κ1) is 36.1. The topological polar surface area (TPSA) is 242 Å². The fraction of sp³-hybridized carbons (Fsp3) is 0.500. The van der Waals surface area contributed by atoms with Gasteiger partial charge in [0.15, 0.2) is 0 Å². The molecule has 0 rings (SSSR count). The summed E-state index contributed by atoms with van der Waals surface area (Å²) in [6.07, 6.45) is -6.04. The predicted molar refractivity (Wildman–Crippen MR) is 75.3 cm³/mol. The van der Waals surface area contributed by atoms with Crippen molar-refractivity contribution in [3.05, 3.63) is 0 Å². The number of carbonyl (C=O) groups is 6. The van der Waals surface area contributed by atoms with Gasteiger partial charge < -0.3 is 34.9 Å². The molecule has 0 fully saturated rings. The van der Waals surface area contributed by atoms with Crippen molar-refractivity contribution < 1.29 is 162 Å². The van der Waals surface area contributed by atoms with Gasteiger partial charge in [-0.3, -0.25) is 19.2 Å². The van der Waals surface area contributed by atoms with Crippen molar-refractivity contribution in [1.29, 1.82) is 0 Å². The van der Waals surface area contributed by atoms with E-state index in [0.717, 1.165) is 0 Å². The molecule has 0 saturated heterocycles. The minimum atomic E-state index is -3.14. The van der Waals surface area contributed by atoms with Crippen LogP contribution < -0.4 is 88.7 Å². The summed E-state index contributed by atoms with van der Waals surface area (Å²) < 4.78 is 0. The second-order valence-corrected chi connectivity index (χ2v) is 5.05. The second-order valence-electron chi connectivity index (χ2n) is 5.05. The summed E-state index contributed by atoms with van der Waals surface area (Å²) in [5, 5.41) is 53.2. The van der Waals surface area contributed by atoms with Gasteiger partial charge in [0.25, 0.3) is 0 Å². The third-order valence-corrected chi connectivity index (χ3v) is 2.89. The van der Waals surface area contributed by atoms with Crippen LogP contribution in [-0.2, 0) is 38.5 Å². The molecule has 14 nitrogen and oxygen atoms in total. The predicted octanol–water partition coefficient (Wildman–Crippen LogP) is -10.2. The number of aliphatic carboxylic acids is 6. The van der Waals surface area contributed by atoms with Gasteiger partial charge in [0, 0.05) is 0 Å². The molecule has 0 amide bonds. The Hall–Kier alpha value is -0.260. The maximum Gasteiger partial charge on any atom is 1.00 e. The second kappa shape index (κ2) is 15.5. The number of hydrogen-bond acceptors (Lipinski definition) is 8. The Morgan fingerprint density at radius 3 is 0.793 bits per heavy atom. The number of rotatable bonds is 13. The molecule has 0 aliphatic rings. The van der Waals surface area contributed by atoms with E-state index in [4.69, 9.17) is 30.6 Å². The summed E-state index contributed by atoms with van der Waals surface area (Å²) in [6.45, 7) is 0. The van der Waals surface area contributed by atoms with Crippen LogP contribution in [0, 0.1) is 0 Å². The van der Waals surface area contributed by atoms with Gasteiger partial charge in [0.05, 0.1) is 25.7 Å². The van der Waals surface area contributed by atoms with Crippen LogP contribution in [0.3, 0.4) is 0 Å². The largest absolute Gasteiger partial charge is 1.00 e. The van der Waals surface area contributed by atoms with Gasteiger partial charge in [-0.1, -0.05) is 0 Å². The van der Waals surface area contributed by atoms with E-state index in [-0.39, 0.29) is 93.0 Å². The average Bonchev–Trinajstić information content (AvgIpc) is 2.41. The molecule has 0 bridgehead atoms. The van der Waals surface area contributed by atoms with Gasteiger partial charge in [0.1, 0.15) is 0 Å². The molecular weight excluding hydrogens is 437 g/mol. The first-order valence-corrected chi connectivity index (χ1v) is 6.47. The van der Waals surface area contributed by atoms with E-state index in [2.05, 4.69) is 9.78 Å². The van der Waals surface area contributed by atoms with Crippen LogP contribution in [0.15, 0.2) is 0 Å². The van der Waals surface area contributed by atoms with Crippen LogP contribution in [-0.4, -0.2) is 77.7 Å². The van der Waals surface area contributed by atoms with Crippen molar-refractivity contribution in [2.24, 2.45) is 0 Å². The fourth-order valence-electron chi connectivity index (χ4n) is 1.75. The molecule has 29 heavy (non-hydrogen) atoms. The van der Waals surface area contributed by atoms with Crippen molar-refractivity contribution >= 4 is 35.8 Å². The standard InChI is InChI=1S/C12H14O14.3Na.3H/c13-5(14)1-11(9(21)22,2-6(15)16)25-26-12(10(23)24,3-7(17)18)4-8(19)20;;;;;;/h1-4H2,(H,13,14)(H,15,16)(H,17,18)(H,19,20)(H,21,22)(H,23,24);;;;;;/q;3*+1;3*-1. The van der Waals surface area contributed by atoms with E-state index >= 15 is 0 Å². The van der Waals surface area contributed by atoms with Crippen LogP contribution in [0.2, 0.25) is 0 Å². The molecule has 0 radical (unpaired) electrons. The molecule has 0 aromatic rings. The number of carboxylic acid groups (broad SMARTS) is 6. The van der Waals surface area contributed by atoms with E-state index in [0.29, 0.717) is 0 Å². The molecule has 0 aliphatic heterocycles. The summed E-state index contributed by atoms with van der Waals surface area (Å²) in [5.41, 5.74) is -6.29. The summed E-state index contributed by atoms with van der Waals surface area (Å²) >= 11 is 0. The molecular formula is C12H17Na3O14. The van der Waals surface area contributed by atoms with Crippen LogP contribution in [0.4, 0.5) is 0 Å². The third-order valence-electron chi connectivity index (χ3n) is 2.89. The zero-order chi connectivity index (χ0) is 20.7. The molecule has 0 atom stereocenters. The Morgan fingerprint density at radius 1 is 0.517 bits per heavy atom. The van der Waals surface area contributed by atoms with E-state index in [1.54, 1.807) is 0 Å². The van der Waals surface area contributed by atoms with Crippen molar-refractivity contribution in [1.82, 2.24) is 0 Å². The van der Waals surface area contributed by atoms with Crippen molar-refractivity contribution in [2.45, 2.75) is 36.9 Å². The molecule has 0 aromatic carbocycles. The fourth-order valence-corrected chi connectivity index (χ4v) is 1.75. The molecule has 6 N–H and O–H groups in total. The van der Waals surface area contributed by atoms with Crippen LogP contribution in [0.25, 0.3) is 0 Å². The number of carboxylic acids is 6. The normalized spacial score (nSPS) is 10.3. The summed E-state index contributed by atoms with van der Waals surface area (Å²) in [5.74, 6) is -11.8. The Balaban J connectivity index is -0.000000208. The Kier molecular flexibility index (Phi) is 19.3. The molecule has 0 unspecified atom stereocenters. The van der Waals surface area contributed by atoms with Gasteiger partial charge in [-0.15, -0.1) is 0 Å². The summed E-state index contributed by atoms with van der Waals surface area (Å²) in [7, 11) is 0. The minimum Gasteiger partial charge on any atom is -1.00 e. The monoisotopic (exact) mass is 454 g/mol. The van der Waals surface area contributed by atoms with Crippen molar-refractivity contribution in [3.8, 4) is 0 Å². The molecule has 0 saturated carbocycles. The van der Waals surface area contributed by atoms with E-state index < -0.39 is 72.7 Å².